The number of carbonyl (C=O) groups excluding carboxylic acids is 1. The first-order chi connectivity index (χ1) is 9.67. The molecular weight excluding hydrogens is 260 g/mol. The van der Waals surface area contributed by atoms with E-state index in [2.05, 4.69) is 15.4 Å². The van der Waals surface area contributed by atoms with Gasteiger partial charge < -0.3 is 14.7 Å². The fourth-order valence-electron chi connectivity index (χ4n) is 2.47. The van der Waals surface area contributed by atoms with Crippen LogP contribution in [0.3, 0.4) is 0 Å². The van der Waals surface area contributed by atoms with E-state index in [-0.39, 0.29) is 24.7 Å². The molecule has 106 valence electrons. The van der Waals surface area contributed by atoms with Crippen molar-refractivity contribution in [3.05, 3.63) is 23.8 Å². The van der Waals surface area contributed by atoms with E-state index in [4.69, 9.17) is 4.74 Å². The first-order valence-electron chi connectivity index (χ1n) is 6.53. The van der Waals surface area contributed by atoms with Crippen molar-refractivity contribution in [2.75, 3.05) is 19.7 Å². The molecule has 3 rings (SSSR count). The van der Waals surface area contributed by atoms with Gasteiger partial charge in [0.2, 0.25) is 0 Å². The summed E-state index contributed by atoms with van der Waals surface area (Å²) in [6, 6.07) is 5.22. The number of ether oxygens (including phenoxy) is 1. The average Bonchev–Trinajstić information content (AvgIpc) is 2.93. The van der Waals surface area contributed by atoms with E-state index in [9.17, 15) is 9.90 Å². The minimum atomic E-state index is -0.321. The maximum atomic E-state index is 12.5. The molecule has 1 aliphatic rings. The Hall–Kier alpha value is -1.99. The average molecular weight is 276 g/mol. The summed E-state index contributed by atoms with van der Waals surface area (Å²) in [5, 5.41) is 19.7. The Kier molecular flexibility index (Phi) is 3.37. The fraction of sp³-hybridized carbons (Fsp3) is 0.462. The number of fused-ring (bicyclic) bond motifs is 1. The predicted octanol–water partition coefficient (Wildman–Crippen LogP) is 0.180. The highest BCUT2D eigenvalue weighted by Gasteiger charge is 2.28. The lowest BCUT2D eigenvalue weighted by atomic mass is 10.1. The fourth-order valence-corrected chi connectivity index (χ4v) is 2.47. The van der Waals surface area contributed by atoms with Gasteiger partial charge >= 0.3 is 0 Å². The molecule has 7 nitrogen and oxygen atoms in total. The Balaban J connectivity index is 1.83. The molecule has 0 radical (unpaired) electrons. The van der Waals surface area contributed by atoms with Crippen molar-refractivity contribution in [3.8, 4) is 0 Å². The van der Waals surface area contributed by atoms with Crippen LogP contribution in [0, 0.1) is 0 Å². The molecule has 2 atom stereocenters. The third-order valence-electron chi connectivity index (χ3n) is 3.38. The molecule has 7 heteroatoms. The normalized spacial score (nSPS) is 23.2. The Morgan fingerprint density at radius 2 is 2.25 bits per heavy atom. The number of aliphatic hydroxyl groups excluding tert-OH is 1. The second-order valence-corrected chi connectivity index (χ2v) is 4.99. The topological polar surface area (TPSA) is 91.3 Å². The molecule has 1 fully saturated rings. The molecule has 2 N–H and O–H groups in total. The molecule has 1 aliphatic heterocycles. The molecule has 1 aromatic carbocycles. The van der Waals surface area contributed by atoms with Gasteiger partial charge in [-0.1, -0.05) is 0 Å². The lowest BCUT2D eigenvalue weighted by Crippen LogP contribution is -2.50. The standard InChI is InChI=1S/C13H16N4O3/c1-8-5-17(6-10(7-18)20-8)13(19)9-2-3-11-12(4-9)15-16-14-11/h2-4,8,10,18H,5-7H2,1H3,(H,14,15,16). The number of benzene rings is 1. The number of nitrogens with zero attached hydrogens (tertiary/aromatic N) is 3. The van der Waals surface area contributed by atoms with Crippen LogP contribution in [0.5, 0.6) is 0 Å². The van der Waals surface area contributed by atoms with Gasteiger partial charge in [0.1, 0.15) is 11.0 Å². The summed E-state index contributed by atoms with van der Waals surface area (Å²) in [6.45, 7) is 2.72. The van der Waals surface area contributed by atoms with Gasteiger partial charge in [-0.3, -0.25) is 4.79 Å². The highest BCUT2D eigenvalue weighted by Crippen LogP contribution is 2.17. The molecule has 2 heterocycles. The van der Waals surface area contributed by atoms with E-state index in [0.717, 1.165) is 5.52 Å². The van der Waals surface area contributed by atoms with Crippen molar-refractivity contribution in [1.29, 1.82) is 0 Å². The van der Waals surface area contributed by atoms with Crippen LogP contribution >= 0.6 is 0 Å². The lowest BCUT2D eigenvalue weighted by molar-refractivity contribution is -0.0858. The quantitative estimate of drug-likeness (QED) is 0.816. The van der Waals surface area contributed by atoms with Crippen molar-refractivity contribution in [2.45, 2.75) is 19.1 Å². The van der Waals surface area contributed by atoms with E-state index in [0.29, 0.717) is 24.2 Å². The monoisotopic (exact) mass is 276 g/mol. The van der Waals surface area contributed by atoms with Crippen molar-refractivity contribution in [3.63, 3.8) is 0 Å². The van der Waals surface area contributed by atoms with Crippen LogP contribution < -0.4 is 0 Å². The number of aromatic amines is 1. The smallest absolute Gasteiger partial charge is 0.254 e. The van der Waals surface area contributed by atoms with Crippen LogP contribution in [-0.2, 0) is 4.74 Å². The Morgan fingerprint density at radius 3 is 3.05 bits per heavy atom. The molecule has 2 aromatic rings. The van der Waals surface area contributed by atoms with E-state index in [1.54, 1.807) is 23.1 Å². The van der Waals surface area contributed by atoms with Gasteiger partial charge in [-0.05, 0) is 25.1 Å². The van der Waals surface area contributed by atoms with Gasteiger partial charge in [0.15, 0.2) is 0 Å². The Morgan fingerprint density at radius 1 is 1.45 bits per heavy atom. The number of morpholine rings is 1. The summed E-state index contributed by atoms with van der Waals surface area (Å²) >= 11 is 0. The zero-order chi connectivity index (χ0) is 14.1. The SMILES string of the molecule is CC1CN(C(=O)c2ccc3n[nH]nc3c2)CC(CO)O1. The predicted molar refractivity (Wildman–Crippen MR) is 71.2 cm³/mol. The van der Waals surface area contributed by atoms with Crippen molar-refractivity contribution >= 4 is 16.9 Å². The zero-order valence-electron chi connectivity index (χ0n) is 11.1. The zero-order valence-corrected chi connectivity index (χ0v) is 11.1. The van der Waals surface area contributed by atoms with Gasteiger partial charge in [0, 0.05) is 18.7 Å². The second kappa shape index (κ2) is 5.18. The van der Waals surface area contributed by atoms with Crippen LogP contribution in [0.25, 0.3) is 11.0 Å². The van der Waals surface area contributed by atoms with E-state index in [1.807, 2.05) is 6.92 Å². The van der Waals surface area contributed by atoms with Crippen LogP contribution in [-0.4, -0.2) is 63.2 Å². The summed E-state index contributed by atoms with van der Waals surface area (Å²) in [4.78, 5) is 14.2. The summed E-state index contributed by atoms with van der Waals surface area (Å²) in [5.74, 6) is -0.0801. The van der Waals surface area contributed by atoms with Crippen LogP contribution in [0.2, 0.25) is 0 Å². The summed E-state index contributed by atoms with van der Waals surface area (Å²) in [5.41, 5.74) is 1.96. The largest absolute Gasteiger partial charge is 0.394 e. The Bertz CT molecular complexity index is 627. The molecule has 20 heavy (non-hydrogen) atoms. The lowest BCUT2D eigenvalue weighted by Gasteiger charge is -2.36. The molecule has 0 saturated carbocycles. The molecule has 1 amide bonds. The third-order valence-corrected chi connectivity index (χ3v) is 3.38. The minimum absolute atomic E-state index is 0.0801. The number of aliphatic hydroxyl groups is 1. The number of nitrogens with one attached hydrogen (secondary N) is 1. The Labute approximate surface area is 115 Å². The third kappa shape index (κ3) is 2.37. The maximum absolute atomic E-state index is 12.5. The van der Waals surface area contributed by atoms with Gasteiger partial charge in [0.05, 0.1) is 18.8 Å². The highest BCUT2D eigenvalue weighted by atomic mass is 16.5. The van der Waals surface area contributed by atoms with Gasteiger partial charge in [-0.2, -0.15) is 15.4 Å². The molecule has 1 saturated heterocycles. The van der Waals surface area contributed by atoms with Gasteiger partial charge in [-0.15, -0.1) is 0 Å². The maximum Gasteiger partial charge on any atom is 0.254 e. The first kappa shape index (κ1) is 13.0. The summed E-state index contributed by atoms with van der Waals surface area (Å²) in [7, 11) is 0. The van der Waals surface area contributed by atoms with Gasteiger partial charge in [0.25, 0.3) is 5.91 Å². The van der Waals surface area contributed by atoms with Gasteiger partial charge in [-0.25, -0.2) is 0 Å². The first-order valence-corrected chi connectivity index (χ1v) is 6.53. The van der Waals surface area contributed by atoms with Crippen LogP contribution in [0.15, 0.2) is 18.2 Å². The molecule has 0 aliphatic carbocycles. The van der Waals surface area contributed by atoms with E-state index < -0.39 is 0 Å². The molecule has 0 spiro atoms. The summed E-state index contributed by atoms with van der Waals surface area (Å²) in [6.07, 6.45) is -0.404. The second-order valence-electron chi connectivity index (χ2n) is 4.99. The number of aromatic nitrogens is 3. The number of hydrogen-bond acceptors (Lipinski definition) is 5. The van der Waals surface area contributed by atoms with E-state index in [1.165, 1.54) is 0 Å². The number of H-pyrrole nitrogens is 1. The number of carbonyl (C=O) groups is 1. The number of rotatable bonds is 2. The molecule has 0 bridgehead atoms. The van der Waals surface area contributed by atoms with Crippen LogP contribution in [0.4, 0.5) is 0 Å². The number of amides is 1. The van der Waals surface area contributed by atoms with Crippen molar-refractivity contribution in [1.82, 2.24) is 20.3 Å². The van der Waals surface area contributed by atoms with E-state index >= 15 is 0 Å². The molecule has 2 unspecified atom stereocenters. The summed E-state index contributed by atoms with van der Waals surface area (Å²) < 4.78 is 5.54. The van der Waals surface area contributed by atoms with Crippen molar-refractivity contribution in [2.24, 2.45) is 0 Å². The molecule has 1 aromatic heterocycles. The number of hydrogen-bond donors (Lipinski definition) is 2. The van der Waals surface area contributed by atoms with Crippen LogP contribution in [0.1, 0.15) is 17.3 Å². The highest BCUT2D eigenvalue weighted by molar-refractivity contribution is 5.97. The molecular formula is C13H16N4O3. The minimum Gasteiger partial charge on any atom is -0.394 e. The van der Waals surface area contributed by atoms with Crippen molar-refractivity contribution < 1.29 is 14.6 Å².